The van der Waals surface area contributed by atoms with E-state index in [9.17, 15) is 18.0 Å². The molecule has 2 rings (SSSR count). The molecule has 1 N–H and O–H groups in total. The van der Waals surface area contributed by atoms with Gasteiger partial charge in [-0.25, -0.2) is 18.0 Å². The van der Waals surface area contributed by atoms with E-state index in [0.29, 0.717) is 12.4 Å². The van der Waals surface area contributed by atoms with Crippen LogP contribution in [0.15, 0.2) is 47.4 Å². The summed E-state index contributed by atoms with van der Waals surface area (Å²) in [4.78, 5) is 23.4. The summed E-state index contributed by atoms with van der Waals surface area (Å²) in [5, 5.41) is 0. The molecule has 8 nitrogen and oxygen atoms in total. The van der Waals surface area contributed by atoms with Gasteiger partial charge in [-0.1, -0.05) is 19.1 Å². The second-order valence-corrected chi connectivity index (χ2v) is 7.30. The lowest BCUT2D eigenvalue weighted by Crippen LogP contribution is -2.19. The highest BCUT2D eigenvalue weighted by atomic mass is 32.2. The number of sulfonamides is 1. The molecule has 9 heteroatoms. The average Bonchev–Trinajstić information content (AvgIpc) is 2.71. The number of esters is 2. The van der Waals surface area contributed by atoms with Crippen LogP contribution in [-0.4, -0.2) is 41.2 Å². The van der Waals surface area contributed by atoms with Crippen LogP contribution in [0.25, 0.3) is 0 Å². The molecule has 2 aromatic carbocycles. The third-order valence-electron chi connectivity index (χ3n) is 3.69. The molecule has 0 aliphatic carbocycles. The zero-order valence-corrected chi connectivity index (χ0v) is 16.5. The van der Waals surface area contributed by atoms with Crippen LogP contribution in [0.1, 0.15) is 34.1 Å². The maximum absolute atomic E-state index is 13.0. The SMILES string of the molecule is CCCOc1ccccc1NS(=O)(=O)c1cc(C(=O)OC)ccc1C(=O)OC. The quantitative estimate of drug-likeness (QED) is 0.670. The summed E-state index contributed by atoms with van der Waals surface area (Å²) >= 11 is 0. The minimum atomic E-state index is -4.25. The summed E-state index contributed by atoms with van der Waals surface area (Å²) in [6, 6.07) is 10.1. The van der Waals surface area contributed by atoms with Crippen molar-refractivity contribution in [3.8, 4) is 5.75 Å². The number of rotatable bonds is 8. The van der Waals surface area contributed by atoms with Gasteiger partial charge in [-0.15, -0.1) is 0 Å². The van der Waals surface area contributed by atoms with E-state index in [2.05, 4.69) is 14.2 Å². The smallest absolute Gasteiger partial charge is 0.339 e. The molecule has 0 aromatic heterocycles. The highest BCUT2D eigenvalue weighted by Gasteiger charge is 2.26. The Morgan fingerprint density at radius 1 is 1.00 bits per heavy atom. The van der Waals surface area contributed by atoms with Crippen molar-refractivity contribution in [3.63, 3.8) is 0 Å². The van der Waals surface area contributed by atoms with E-state index in [-0.39, 0.29) is 16.8 Å². The molecule has 0 heterocycles. The van der Waals surface area contributed by atoms with E-state index in [1.54, 1.807) is 18.2 Å². The monoisotopic (exact) mass is 407 g/mol. The Hall–Kier alpha value is -3.07. The first-order chi connectivity index (χ1) is 13.3. The molecular weight excluding hydrogens is 386 g/mol. The van der Waals surface area contributed by atoms with Crippen molar-refractivity contribution in [3.05, 3.63) is 53.6 Å². The number of nitrogens with one attached hydrogen (secondary N) is 1. The summed E-state index contributed by atoms with van der Waals surface area (Å²) in [6.07, 6.45) is 0.745. The molecule has 0 fully saturated rings. The van der Waals surface area contributed by atoms with Crippen LogP contribution in [0.5, 0.6) is 5.75 Å². The lowest BCUT2D eigenvalue weighted by molar-refractivity contribution is 0.0583. The molecule has 2 aromatic rings. The zero-order chi connectivity index (χ0) is 20.7. The Kier molecular flexibility index (Phi) is 7.00. The molecule has 0 spiro atoms. The molecule has 0 atom stereocenters. The first-order valence-electron chi connectivity index (χ1n) is 8.39. The number of carbonyl (C=O) groups is 2. The number of hydrogen-bond acceptors (Lipinski definition) is 7. The van der Waals surface area contributed by atoms with Gasteiger partial charge in [0.15, 0.2) is 0 Å². The number of anilines is 1. The van der Waals surface area contributed by atoms with Crippen molar-refractivity contribution in [2.75, 3.05) is 25.5 Å². The molecule has 0 saturated carbocycles. The molecule has 0 saturated heterocycles. The van der Waals surface area contributed by atoms with E-state index in [0.717, 1.165) is 19.6 Å². The van der Waals surface area contributed by atoms with Crippen molar-refractivity contribution >= 4 is 27.6 Å². The Bertz CT molecular complexity index is 970. The van der Waals surface area contributed by atoms with E-state index in [4.69, 9.17) is 4.74 Å². The molecule has 28 heavy (non-hydrogen) atoms. The third-order valence-corrected chi connectivity index (χ3v) is 5.10. The largest absolute Gasteiger partial charge is 0.491 e. The fourth-order valence-corrected chi connectivity index (χ4v) is 3.65. The van der Waals surface area contributed by atoms with Crippen LogP contribution < -0.4 is 9.46 Å². The first kappa shape index (κ1) is 21.2. The van der Waals surface area contributed by atoms with E-state index >= 15 is 0 Å². The Balaban J connectivity index is 2.52. The predicted octanol–water partition coefficient (Wildman–Crippen LogP) is 2.85. The maximum atomic E-state index is 13.0. The molecule has 0 bridgehead atoms. The van der Waals surface area contributed by atoms with Gasteiger partial charge in [0.1, 0.15) is 10.6 Å². The summed E-state index contributed by atoms with van der Waals surface area (Å²) in [6.45, 7) is 2.33. The average molecular weight is 407 g/mol. The van der Waals surface area contributed by atoms with Crippen LogP contribution in [0.3, 0.4) is 0 Å². The fourth-order valence-electron chi connectivity index (χ4n) is 2.36. The lowest BCUT2D eigenvalue weighted by Gasteiger charge is -2.15. The highest BCUT2D eigenvalue weighted by molar-refractivity contribution is 7.92. The predicted molar refractivity (Wildman–Crippen MR) is 102 cm³/mol. The van der Waals surface area contributed by atoms with Gasteiger partial charge in [0.25, 0.3) is 10.0 Å². The van der Waals surface area contributed by atoms with Gasteiger partial charge in [-0.2, -0.15) is 0 Å². The van der Waals surface area contributed by atoms with Crippen LogP contribution in [-0.2, 0) is 19.5 Å². The van der Waals surface area contributed by atoms with Crippen LogP contribution in [0, 0.1) is 0 Å². The van der Waals surface area contributed by atoms with Gasteiger partial charge in [-0.3, -0.25) is 4.72 Å². The number of carbonyl (C=O) groups excluding carboxylic acids is 2. The van der Waals surface area contributed by atoms with Gasteiger partial charge in [-0.05, 0) is 36.8 Å². The Labute approximate surface area is 163 Å². The van der Waals surface area contributed by atoms with Crippen molar-refractivity contribution in [2.45, 2.75) is 18.2 Å². The molecule has 0 amide bonds. The molecule has 0 unspecified atom stereocenters. The van der Waals surface area contributed by atoms with E-state index < -0.39 is 26.9 Å². The van der Waals surface area contributed by atoms with Crippen LogP contribution in [0.4, 0.5) is 5.69 Å². The summed E-state index contributed by atoms with van der Waals surface area (Å²) < 4.78 is 43.2. The topological polar surface area (TPSA) is 108 Å². The lowest BCUT2D eigenvalue weighted by atomic mass is 10.1. The normalized spacial score (nSPS) is 10.8. The van der Waals surface area contributed by atoms with Crippen LogP contribution in [0.2, 0.25) is 0 Å². The number of ether oxygens (including phenoxy) is 3. The fraction of sp³-hybridized carbons (Fsp3) is 0.263. The maximum Gasteiger partial charge on any atom is 0.339 e. The summed E-state index contributed by atoms with van der Waals surface area (Å²) in [5.41, 5.74) is -0.0316. The molecule has 150 valence electrons. The Morgan fingerprint density at radius 3 is 2.32 bits per heavy atom. The Morgan fingerprint density at radius 2 is 1.68 bits per heavy atom. The van der Waals surface area contributed by atoms with Crippen molar-refractivity contribution in [2.24, 2.45) is 0 Å². The number of methoxy groups -OCH3 is 2. The minimum Gasteiger partial charge on any atom is -0.491 e. The highest BCUT2D eigenvalue weighted by Crippen LogP contribution is 2.28. The molecular formula is C19H21NO7S. The van der Waals surface area contributed by atoms with Gasteiger partial charge in [0, 0.05) is 0 Å². The third kappa shape index (κ3) is 4.80. The molecule has 0 aliphatic rings. The van der Waals surface area contributed by atoms with E-state index in [1.165, 1.54) is 25.3 Å². The molecule has 0 aliphatic heterocycles. The second kappa shape index (κ2) is 9.23. The zero-order valence-electron chi connectivity index (χ0n) is 15.7. The van der Waals surface area contributed by atoms with Crippen molar-refractivity contribution < 1.29 is 32.2 Å². The van der Waals surface area contributed by atoms with Crippen molar-refractivity contribution in [1.29, 1.82) is 0 Å². The summed E-state index contributed by atoms with van der Waals surface area (Å²) in [7, 11) is -1.95. The van der Waals surface area contributed by atoms with Gasteiger partial charge >= 0.3 is 11.9 Å². The number of benzene rings is 2. The van der Waals surface area contributed by atoms with Crippen molar-refractivity contribution in [1.82, 2.24) is 0 Å². The minimum absolute atomic E-state index is 0.0222. The van der Waals surface area contributed by atoms with Crippen LogP contribution >= 0.6 is 0 Å². The van der Waals surface area contributed by atoms with Gasteiger partial charge < -0.3 is 14.2 Å². The van der Waals surface area contributed by atoms with Gasteiger partial charge in [0.05, 0.1) is 37.6 Å². The van der Waals surface area contributed by atoms with Gasteiger partial charge in [0.2, 0.25) is 0 Å². The number of hydrogen-bond donors (Lipinski definition) is 1. The standard InChI is InChI=1S/C19H21NO7S/c1-4-11-27-16-8-6-5-7-15(16)20-28(23,24)17-12-13(18(21)25-2)9-10-14(17)19(22)26-3/h5-10,12,20H,4,11H2,1-3H3. The molecule has 0 radical (unpaired) electrons. The first-order valence-corrected chi connectivity index (χ1v) is 9.87. The second-order valence-electron chi connectivity index (χ2n) is 5.64. The van der Waals surface area contributed by atoms with E-state index in [1.807, 2.05) is 6.92 Å². The summed E-state index contributed by atoms with van der Waals surface area (Å²) in [5.74, 6) is -1.25. The number of para-hydroxylation sites is 2.